The molecule has 2 aromatic rings. The number of amides is 2. The zero-order valence-electron chi connectivity index (χ0n) is 13.0. The van der Waals surface area contributed by atoms with E-state index >= 15 is 0 Å². The normalized spacial score (nSPS) is 14.3. The molecule has 120 valence electrons. The number of aryl methyl sites for hydroxylation is 1. The van der Waals surface area contributed by atoms with Crippen LogP contribution in [0.2, 0.25) is 0 Å². The fraction of sp³-hybridized carbons (Fsp3) is 0.353. The van der Waals surface area contributed by atoms with Crippen LogP contribution in [0.25, 0.3) is 0 Å². The number of aromatic nitrogens is 1. The largest absolute Gasteiger partial charge is 0.361 e. The van der Waals surface area contributed by atoms with Crippen molar-refractivity contribution in [2.75, 3.05) is 6.54 Å². The first-order chi connectivity index (χ1) is 11.1. The second-order valence-electron chi connectivity index (χ2n) is 5.69. The van der Waals surface area contributed by atoms with Gasteiger partial charge in [-0.25, -0.2) is 0 Å². The lowest BCUT2D eigenvalue weighted by atomic mass is 10.1. The van der Waals surface area contributed by atoms with Crippen LogP contribution in [0.3, 0.4) is 0 Å². The Hall–Kier alpha value is -2.63. The lowest BCUT2D eigenvalue weighted by molar-refractivity contribution is -0.128. The van der Waals surface area contributed by atoms with Gasteiger partial charge in [-0.2, -0.15) is 0 Å². The van der Waals surface area contributed by atoms with Crippen molar-refractivity contribution in [3.05, 3.63) is 52.9 Å². The van der Waals surface area contributed by atoms with E-state index in [1.165, 1.54) is 0 Å². The molecule has 0 saturated carbocycles. The van der Waals surface area contributed by atoms with Crippen LogP contribution in [0.5, 0.6) is 0 Å². The first kappa shape index (κ1) is 15.3. The average Bonchev–Trinajstić information content (AvgIpc) is 3.15. The van der Waals surface area contributed by atoms with Gasteiger partial charge >= 0.3 is 0 Å². The number of likely N-dealkylation sites (tertiary alicyclic amines) is 1. The lowest BCUT2D eigenvalue weighted by Crippen LogP contribution is -2.27. The fourth-order valence-electron chi connectivity index (χ4n) is 2.70. The van der Waals surface area contributed by atoms with Gasteiger partial charge in [0.2, 0.25) is 5.91 Å². The molecule has 1 saturated heterocycles. The van der Waals surface area contributed by atoms with Crippen molar-refractivity contribution in [1.82, 2.24) is 15.4 Å². The molecule has 3 rings (SSSR count). The zero-order valence-corrected chi connectivity index (χ0v) is 13.0. The van der Waals surface area contributed by atoms with Crippen LogP contribution in [0.15, 0.2) is 34.9 Å². The third-order valence-corrected chi connectivity index (χ3v) is 3.95. The van der Waals surface area contributed by atoms with Gasteiger partial charge in [0.25, 0.3) is 5.91 Å². The Morgan fingerprint density at radius 2 is 2.13 bits per heavy atom. The van der Waals surface area contributed by atoms with Gasteiger partial charge in [0, 0.05) is 32.1 Å². The van der Waals surface area contributed by atoms with Crippen molar-refractivity contribution in [3.8, 4) is 0 Å². The molecule has 0 unspecified atom stereocenters. The first-order valence-corrected chi connectivity index (χ1v) is 7.69. The molecular weight excluding hydrogens is 294 g/mol. The van der Waals surface area contributed by atoms with Gasteiger partial charge in [-0.3, -0.25) is 9.59 Å². The summed E-state index contributed by atoms with van der Waals surface area (Å²) in [5, 5.41) is 6.54. The van der Waals surface area contributed by atoms with Crippen LogP contribution in [0.1, 0.15) is 40.2 Å². The molecule has 1 fully saturated rings. The molecule has 0 bridgehead atoms. The van der Waals surface area contributed by atoms with Crippen LogP contribution >= 0.6 is 0 Å². The third-order valence-electron chi connectivity index (χ3n) is 3.95. The number of benzene rings is 1. The topological polar surface area (TPSA) is 75.4 Å². The van der Waals surface area contributed by atoms with E-state index in [9.17, 15) is 9.59 Å². The number of rotatable bonds is 5. The van der Waals surface area contributed by atoms with Crippen molar-refractivity contribution in [1.29, 1.82) is 0 Å². The molecule has 1 N–H and O–H groups in total. The minimum atomic E-state index is -0.270. The van der Waals surface area contributed by atoms with Gasteiger partial charge in [-0.1, -0.05) is 29.4 Å². The van der Waals surface area contributed by atoms with E-state index in [2.05, 4.69) is 10.5 Å². The van der Waals surface area contributed by atoms with Crippen LogP contribution in [0.4, 0.5) is 0 Å². The molecule has 2 amide bonds. The lowest BCUT2D eigenvalue weighted by Gasteiger charge is -2.18. The summed E-state index contributed by atoms with van der Waals surface area (Å²) in [6.45, 7) is 3.53. The molecule has 1 aliphatic heterocycles. The molecule has 23 heavy (non-hydrogen) atoms. The van der Waals surface area contributed by atoms with E-state index in [1.54, 1.807) is 13.0 Å². The summed E-state index contributed by atoms with van der Waals surface area (Å²) in [4.78, 5) is 25.7. The quantitative estimate of drug-likeness (QED) is 0.916. The highest BCUT2D eigenvalue weighted by Crippen LogP contribution is 2.17. The number of hydrogen-bond acceptors (Lipinski definition) is 4. The monoisotopic (exact) mass is 313 g/mol. The molecule has 0 atom stereocenters. The van der Waals surface area contributed by atoms with E-state index < -0.39 is 0 Å². The molecule has 0 aliphatic carbocycles. The second-order valence-corrected chi connectivity index (χ2v) is 5.69. The predicted molar refractivity (Wildman–Crippen MR) is 83.5 cm³/mol. The van der Waals surface area contributed by atoms with Gasteiger partial charge in [-0.15, -0.1) is 0 Å². The third kappa shape index (κ3) is 3.59. The number of nitrogens with one attached hydrogen (secondary N) is 1. The standard InChI is InChI=1S/C17H19N3O3/c1-12-9-15(19-23-12)17(22)18-10-13-5-2-3-6-14(13)11-20-8-4-7-16(20)21/h2-3,5-6,9H,4,7-8,10-11H2,1H3,(H,18,22). The molecule has 6 heteroatoms. The van der Waals surface area contributed by atoms with E-state index in [1.807, 2.05) is 29.2 Å². The molecule has 1 aliphatic rings. The molecule has 1 aromatic carbocycles. The highest BCUT2D eigenvalue weighted by atomic mass is 16.5. The van der Waals surface area contributed by atoms with E-state index in [0.29, 0.717) is 25.3 Å². The van der Waals surface area contributed by atoms with Crippen molar-refractivity contribution < 1.29 is 14.1 Å². The summed E-state index contributed by atoms with van der Waals surface area (Å²) in [7, 11) is 0. The minimum absolute atomic E-state index is 0.196. The molecule has 2 heterocycles. The van der Waals surface area contributed by atoms with Gasteiger partial charge < -0.3 is 14.7 Å². The Balaban J connectivity index is 1.65. The Morgan fingerprint density at radius 3 is 2.78 bits per heavy atom. The fourth-order valence-corrected chi connectivity index (χ4v) is 2.70. The SMILES string of the molecule is Cc1cc(C(=O)NCc2ccccc2CN2CCCC2=O)no1. The summed E-state index contributed by atoms with van der Waals surface area (Å²) < 4.78 is 4.91. The molecule has 0 radical (unpaired) electrons. The Morgan fingerprint density at radius 1 is 1.35 bits per heavy atom. The van der Waals surface area contributed by atoms with Crippen molar-refractivity contribution in [3.63, 3.8) is 0 Å². The summed E-state index contributed by atoms with van der Waals surface area (Å²) in [5.41, 5.74) is 2.33. The summed E-state index contributed by atoms with van der Waals surface area (Å²) in [6.07, 6.45) is 1.55. The number of carbonyl (C=O) groups excluding carboxylic acids is 2. The van der Waals surface area contributed by atoms with E-state index in [-0.39, 0.29) is 17.5 Å². The van der Waals surface area contributed by atoms with Crippen molar-refractivity contribution >= 4 is 11.8 Å². The summed E-state index contributed by atoms with van der Waals surface area (Å²) in [5.74, 6) is 0.527. The summed E-state index contributed by atoms with van der Waals surface area (Å²) >= 11 is 0. The molecule has 0 spiro atoms. The molecule has 1 aromatic heterocycles. The maximum absolute atomic E-state index is 12.0. The maximum atomic E-state index is 12.0. The second kappa shape index (κ2) is 6.64. The van der Waals surface area contributed by atoms with E-state index in [0.717, 1.165) is 24.1 Å². The summed E-state index contributed by atoms with van der Waals surface area (Å²) in [6, 6.07) is 9.43. The Labute approximate surface area is 134 Å². The molecule has 6 nitrogen and oxygen atoms in total. The van der Waals surface area contributed by atoms with Crippen molar-refractivity contribution in [2.45, 2.75) is 32.9 Å². The highest BCUT2D eigenvalue weighted by Gasteiger charge is 2.21. The minimum Gasteiger partial charge on any atom is -0.361 e. The number of carbonyl (C=O) groups is 2. The van der Waals surface area contributed by atoms with E-state index in [4.69, 9.17) is 4.52 Å². The van der Waals surface area contributed by atoms with Crippen LogP contribution in [0, 0.1) is 6.92 Å². The van der Waals surface area contributed by atoms with Gasteiger partial charge in [0.1, 0.15) is 5.76 Å². The molecular formula is C17H19N3O3. The van der Waals surface area contributed by atoms with Crippen molar-refractivity contribution in [2.24, 2.45) is 0 Å². The first-order valence-electron chi connectivity index (χ1n) is 7.69. The van der Waals surface area contributed by atoms with Crippen LogP contribution < -0.4 is 5.32 Å². The van der Waals surface area contributed by atoms with Crippen LogP contribution in [-0.4, -0.2) is 28.4 Å². The van der Waals surface area contributed by atoms with Gasteiger partial charge in [-0.05, 0) is 24.5 Å². The smallest absolute Gasteiger partial charge is 0.273 e. The predicted octanol–water partition coefficient (Wildman–Crippen LogP) is 2.04. The van der Waals surface area contributed by atoms with Crippen LogP contribution in [-0.2, 0) is 17.9 Å². The maximum Gasteiger partial charge on any atom is 0.273 e. The highest BCUT2D eigenvalue weighted by molar-refractivity contribution is 5.92. The zero-order chi connectivity index (χ0) is 16.2. The number of hydrogen-bond donors (Lipinski definition) is 1. The van der Waals surface area contributed by atoms with Gasteiger partial charge in [0.05, 0.1) is 0 Å². The number of nitrogens with zero attached hydrogens (tertiary/aromatic N) is 2. The average molecular weight is 313 g/mol. The van der Waals surface area contributed by atoms with Gasteiger partial charge in [0.15, 0.2) is 5.69 Å². The Kier molecular flexibility index (Phi) is 4.41. The Bertz CT molecular complexity index is 723.